The van der Waals surface area contributed by atoms with Crippen LogP contribution in [0.4, 0.5) is 17.2 Å². The van der Waals surface area contributed by atoms with Gasteiger partial charge in [0, 0.05) is 12.7 Å². The van der Waals surface area contributed by atoms with E-state index in [0.717, 1.165) is 49.9 Å². The van der Waals surface area contributed by atoms with Gasteiger partial charge in [0.1, 0.15) is 0 Å². The van der Waals surface area contributed by atoms with Crippen molar-refractivity contribution in [2.75, 3.05) is 42.9 Å². The van der Waals surface area contributed by atoms with Gasteiger partial charge in [0.05, 0.1) is 35.4 Å². The first-order chi connectivity index (χ1) is 26.8. The Morgan fingerprint density at radius 3 is 2.22 bits per heavy atom. The molecule has 13 nitrogen and oxygen atoms in total. The van der Waals surface area contributed by atoms with Crippen molar-refractivity contribution in [2.24, 2.45) is 22.4 Å². The van der Waals surface area contributed by atoms with E-state index in [1.807, 2.05) is 66.7 Å². The number of rotatable bonds is 15. The van der Waals surface area contributed by atoms with Crippen LogP contribution in [0.2, 0.25) is 0 Å². The van der Waals surface area contributed by atoms with Gasteiger partial charge in [-0.25, -0.2) is 9.88 Å². The van der Waals surface area contributed by atoms with Crippen molar-refractivity contribution in [3.8, 4) is 0 Å². The number of amides is 4. The second-order valence-corrected chi connectivity index (χ2v) is 14.0. The van der Waals surface area contributed by atoms with Gasteiger partial charge in [-0.1, -0.05) is 72.8 Å². The molecule has 0 bridgehead atoms. The van der Waals surface area contributed by atoms with E-state index in [1.165, 1.54) is 4.90 Å². The molecule has 3 aromatic carbocycles. The average molecular weight is 744 g/mol. The quantitative estimate of drug-likeness (QED) is 0.0668. The predicted molar refractivity (Wildman–Crippen MR) is 214 cm³/mol. The first-order valence-electron chi connectivity index (χ1n) is 18.9. The zero-order valence-electron chi connectivity index (χ0n) is 30.9. The molecular weight excluding hydrogens is 695 g/mol. The highest BCUT2D eigenvalue weighted by atomic mass is 16.2. The number of guanidine groups is 1. The number of hydrogen-bond acceptors (Lipinski definition) is 9. The third-order valence-electron chi connectivity index (χ3n) is 10.2. The Hall–Kier alpha value is -5.92. The van der Waals surface area contributed by atoms with Crippen molar-refractivity contribution in [3.05, 3.63) is 120 Å². The van der Waals surface area contributed by atoms with E-state index < -0.39 is 12.0 Å². The molecule has 13 heteroatoms. The van der Waals surface area contributed by atoms with E-state index in [4.69, 9.17) is 11.5 Å². The Morgan fingerprint density at radius 2 is 1.53 bits per heavy atom. The summed E-state index contributed by atoms with van der Waals surface area (Å²) in [6, 6.07) is 28.8. The Kier molecular flexibility index (Phi) is 13.3. The number of fused-ring (bicyclic) bond motifs is 2. The van der Waals surface area contributed by atoms with Gasteiger partial charge in [0.2, 0.25) is 17.7 Å². The van der Waals surface area contributed by atoms with Crippen molar-refractivity contribution >= 4 is 46.8 Å². The number of carbonyl (C=O) groups is 4. The summed E-state index contributed by atoms with van der Waals surface area (Å²) in [5.41, 5.74) is 14.1. The van der Waals surface area contributed by atoms with Gasteiger partial charge >= 0.3 is 0 Å². The summed E-state index contributed by atoms with van der Waals surface area (Å²) in [4.78, 5) is 66.4. The normalized spacial score (nSPS) is 14.9. The number of pyridine rings is 1. The first kappa shape index (κ1) is 38.8. The van der Waals surface area contributed by atoms with E-state index in [9.17, 15) is 19.2 Å². The zero-order chi connectivity index (χ0) is 38.6. The van der Waals surface area contributed by atoms with Crippen molar-refractivity contribution < 1.29 is 19.2 Å². The van der Waals surface area contributed by atoms with Crippen LogP contribution >= 0.6 is 0 Å². The molecule has 286 valence electrons. The molecule has 3 heterocycles. The molecule has 0 saturated carbocycles. The molecule has 0 spiro atoms. The van der Waals surface area contributed by atoms with Gasteiger partial charge in [0.25, 0.3) is 5.91 Å². The number of piperidine rings is 1. The number of aromatic nitrogens is 1. The lowest BCUT2D eigenvalue weighted by Crippen LogP contribution is -2.48. The number of aliphatic imine (C=N–C) groups is 1. The molecule has 0 unspecified atom stereocenters. The Labute approximate surface area is 321 Å². The molecule has 1 atom stereocenters. The highest BCUT2D eigenvalue weighted by Gasteiger charge is 2.33. The van der Waals surface area contributed by atoms with Gasteiger partial charge in [0.15, 0.2) is 11.8 Å². The number of imide groups is 2. The van der Waals surface area contributed by atoms with Gasteiger partial charge in [-0.15, -0.1) is 0 Å². The van der Waals surface area contributed by atoms with Crippen molar-refractivity contribution in [1.82, 2.24) is 20.5 Å². The van der Waals surface area contributed by atoms with Crippen molar-refractivity contribution in [3.63, 3.8) is 0 Å². The van der Waals surface area contributed by atoms with Crippen LogP contribution in [0.15, 0.2) is 108 Å². The van der Waals surface area contributed by atoms with Gasteiger partial charge in [-0.05, 0) is 99.5 Å². The fourth-order valence-electron chi connectivity index (χ4n) is 7.32. The number of nitrogens with zero attached hydrogens (tertiary/aromatic N) is 4. The molecule has 0 radical (unpaired) electrons. The van der Waals surface area contributed by atoms with Crippen molar-refractivity contribution in [2.45, 2.75) is 50.5 Å². The summed E-state index contributed by atoms with van der Waals surface area (Å²) in [6.07, 6.45) is 6.26. The van der Waals surface area contributed by atoms with Crippen LogP contribution in [0.25, 0.3) is 0 Å². The van der Waals surface area contributed by atoms with E-state index >= 15 is 0 Å². The lowest BCUT2D eigenvalue weighted by molar-refractivity contribution is -0.132. The number of likely N-dealkylation sites (tertiary alicyclic amines) is 1. The molecule has 4 aromatic rings. The predicted octanol–water partition coefficient (Wildman–Crippen LogP) is 4.29. The molecule has 7 N–H and O–H groups in total. The second-order valence-electron chi connectivity index (χ2n) is 14.0. The fraction of sp³-hybridized carbons (Fsp3) is 0.333. The Bertz CT molecular complexity index is 1920. The van der Waals surface area contributed by atoms with Crippen molar-refractivity contribution in [1.29, 1.82) is 0 Å². The summed E-state index contributed by atoms with van der Waals surface area (Å²) >= 11 is 0. The topological polar surface area (TPSA) is 188 Å². The van der Waals surface area contributed by atoms with Crippen LogP contribution in [0.3, 0.4) is 0 Å². The van der Waals surface area contributed by atoms with Crippen LogP contribution in [-0.4, -0.2) is 78.2 Å². The Balaban J connectivity index is 1.00. The van der Waals surface area contributed by atoms with E-state index in [1.54, 1.807) is 36.5 Å². The fourth-order valence-corrected chi connectivity index (χ4v) is 7.32. The number of nitrogens with two attached hydrogens (primary N) is 2. The summed E-state index contributed by atoms with van der Waals surface area (Å²) in [5, 5.41) is 9.29. The number of hydrogen-bond donors (Lipinski definition) is 5. The van der Waals surface area contributed by atoms with E-state index in [2.05, 4.69) is 30.8 Å². The van der Waals surface area contributed by atoms with Crippen LogP contribution < -0.4 is 32.3 Å². The maximum absolute atomic E-state index is 13.7. The smallest absolute Gasteiger partial charge is 0.267 e. The lowest BCUT2D eigenvalue weighted by atomic mass is 9.90. The van der Waals surface area contributed by atoms with E-state index in [0.29, 0.717) is 54.6 Å². The molecule has 6 rings (SSSR count). The standard InChI is InChI=1S/C42H49N9O4/c43-42(44)47-25-10-19-34(39(53)49-40(54)37(30-13-3-1-4-14-30)31-15-5-2-6-16-31)45-23-9-12-29-21-26-50(27-22-29)28-36(52)51-35-20-11-24-46-38(35)48-33-18-8-7-17-32(33)41(51)55/h1-8,11,13-18,20,24,29,34,37,45H,9-10,12,19,21-23,25-28H2,(H,46,48)(H4,43,44,47)(H,49,53,54)/t34-/m0/s1. The van der Waals surface area contributed by atoms with Crippen LogP contribution in [-0.2, 0) is 14.4 Å². The molecule has 4 amide bonds. The summed E-state index contributed by atoms with van der Waals surface area (Å²) in [5.74, 6) is -1.15. The number of benzene rings is 3. The number of nitrogens with one attached hydrogen (secondary N) is 3. The molecule has 0 aliphatic carbocycles. The summed E-state index contributed by atoms with van der Waals surface area (Å²) in [7, 11) is 0. The summed E-state index contributed by atoms with van der Waals surface area (Å²) in [6.45, 7) is 2.57. The molecule has 2 aliphatic rings. The van der Waals surface area contributed by atoms with Gasteiger partial charge in [-0.2, -0.15) is 0 Å². The van der Waals surface area contributed by atoms with E-state index in [-0.39, 0.29) is 36.1 Å². The minimum absolute atomic E-state index is 0.00532. The molecule has 1 fully saturated rings. The SMILES string of the molecule is NC(N)=NCCC[C@H](NCCCC1CCN(CC(=O)N2C(=O)c3ccccc3Nc3ncccc32)CC1)C(=O)NC(=O)C(c1ccccc1)c1ccccc1. The lowest BCUT2D eigenvalue weighted by Gasteiger charge is -2.33. The average Bonchev–Trinajstić information content (AvgIpc) is 3.32. The monoisotopic (exact) mass is 743 g/mol. The zero-order valence-corrected chi connectivity index (χ0v) is 30.9. The molecule has 1 saturated heterocycles. The van der Waals surface area contributed by atoms with Gasteiger partial charge < -0.3 is 22.1 Å². The largest absolute Gasteiger partial charge is 0.370 e. The molecule has 1 aromatic heterocycles. The highest BCUT2D eigenvalue weighted by Crippen LogP contribution is 2.34. The molecule has 2 aliphatic heterocycles. The number of anilines is 3. The minimum Gasteiger partial charge on any atom is -0.370 e. The maximum Gasteiger partial charge on any atom is 0.267 e. The second kappa shape index (κ2) is 18.9. The number of carbonyl (C=O) groups excluding carboxylic acids is 4. The minimum atomic E-state index is -0.638. The third kappa shape index (κ3) is 10.2. The van der Waals surface area contributed by atoms with Crippen LogP contribution in [0, 0.1) is 5.92 Å². The highest BCUT2D eigenvalue weighted by molar-refractivity contribution is 6.25. The molecule has 55 heavy (non-hydrogen) atoms. The molecular formula is C42H49N9O4. The summed E-state index contributed by atoms with van der Waals surface area (Å²) < 4.78 is 0. The Morgan fingerprint density at radius 1 is 0.855 bits per heavy atom. The van der Waals surface area contributed by atoms with Crippen LogP contribution in [0.1, 0.15) is 65.9 Å². The maximum atomic E-state index is 13.7. The first-order valence-corrected chi connectivity index (χ1v) is 18.9. The third-order valence-corrected chi connectivity index (χ3v) is 10.2. The number of para-hydroxylation sites is 1. The van der Waals surface area contributed by atoms with Crippen LogP contribution in [0.5, 0.6) is 0 Å². The van der Waals surface area contributed by atoms with Gasteiger partial charge in [-0.3, -0.25) is 34.4 Å².